The summed E-state index contributed by atoms with van der Waals surface area (Å²) in [6.07, 6.45) is 3.34. The third kappa shape index (κ3) is 3.84. The van der Waals surface area contributed by atoms with Gasteiger partial charge in [0.15, 0.2) is 5.76 Å². The fourth-order valence-corrected chi connectivity index (χ4v) is 2.40. The molecule has 114 valence electrons. The van der Waals surface area contributed by atoms with Crippen LogP contribution in [0.2, 0.25) is 0 Å². The van der Waals surface area contributed by atoms with Crippen LogP contribution in [-0.4, -0.2) is 46.9 Å². The van der Waals surface area contributed by atoms with Gasteiger partial charge in [-0.25, -0.2) is 4.79 Å². The number of amides is 2. The summed E-state index contributed by atoms with van der Waals surface area (Å²) >= 11 is 0. The smallest absolute Gasteiger partial charge is 0.326 e. The van der Waals surface area contributed by atoms with E-state index in [2.05, 4.69) is 5.32 Å². The largest absolute Gasteiger partial charge is 0.480 e. The van der Waals surface area contributed by atoms with Gasteiger partial charge in [-0.05, 0) is 31.4 Å². The molecule has 7 heteroatoms. The molecule has 0 saturated carbocycles. The first-order valence-corrected chi connectivity index (χ1v) is 6.93. The molecular weight excluding hydrogens is 276 g/mol. The van der Waals surface area contributed by atoms with Crippen molar-refractivity contribution in [1.29, 1.82) is 0 Å². The number of aliphatic carboxylic acids is 1. The fourth-order valence-electron chi connectivity index (χ4n) is 2.40. The zero-order valence-corrected chi connectivity index (χ0v) is 11.6. The first kappa shape index (κ1) is 15.1. The molecule has 21 heavy (non-hydrogen) atoms. The molecule has 2 heterocycles. The number of nitrogens with one attached hydrogen (secondary N) is 1. The standard InChI is InChI=1S/C14H18N2O5/c17-12(16-8-2-4-10(16)14(19)20)6-1-7-15-13(18)11-5-3-9-21-11/h3,5,9-10H,1-2,4,6-8H2,(H,15,18)(H,19,20)/t10-/m0/s1. The number of carboxylic acids is 1. The van der Waals surface area contributed by atoms with E-state index in [9.17, 15) is 14.4 Å². The molecule has 0 spiro atoms. The van der Waals surface area contributed by atoms with Crippen LogP contribution in [0.15, 0.2) is 22.8 Å². The van der Waals surface area contributed by atoms with E-state index < -0.39 is 12.0 Å². The van der Waals surface area contributed by atoms with Crippen LogP contribution in [0.1, 0.15) is 36.2 Å². The Kier molecular flexibility index (Phi) is 4.97. The first-order chi connectivity index (χ1) is 10.1. The van der Waals surface area contributed by atoms with Gasteiger partial charge in [-0.1, -0.05) is 0 Å². The van der Waals surface area contributed by atoms with Crippen molar-refractivity contribution in [2.24, 2.45) is 0 Å². The second-order valence-electron chi connectivity index (χ2n) is 4.92. The topological polar surface area (TPSA) is 99.9 Å². The SMILES string of the molecule is O=C(NCCCC(=O)N1CCC[C@H]1C(=O)O)c1ccco1. The molecular formula is C14H18N2O5. The van der Waals surface area contributed by atoms with Crippen LogP contribution >= 0.6 is 0 Å². The molecule has 1 saturated heterocycles. The molecule has 2 rings (SSSR count). The number of furan rings is 1. The lowest BCUT2D eigenvalue weighted by molar-refractivity contribution is -0.148. The van der Waals surface area contributed by atoms with Crippen LogP contribution in [0.25, 0.3) is 0 Å². The maximum Gasteiger partial charge on any atom is 0.326 e. The van der Waals surface area contributed by atoms with Gasteiger partial charge in [-0.3, -0.25) is 9.59 Å². The predicted molar refractivity (Wildman–Crippen MR) is 72.6 cm³/mol. The van der Waals surface area contributed by atoms with E-state index in [0.717, 1.165) is 6.42 Å². The number of nitrogens with zero attached hydrogens (tertiary/aromatic N) is 1. The summed E-state index contributed by atoms with van der Waals surface area (Å²) in [5.41, 5.74) is 0. The lowest BCUT2D eigenvalue weighted by Crippen LogP contribution is -2.40. The Labute approximate surface area is 121 Å². The average Bonchev–Trinajstić information content (AvgIpc) is 3.12. The minimum atomic E-state index is -0.952. The summed E-state index contributed by atoms with van der Waals surface area (Å²) in [6.45, 7) is 0.839. The summed E-state index contributed by atoms with van der Waals surface area (Å²) < 4.78 is 4.94. The van der Waals surface area contributed by atoms with Crippen LogP contribution in [0.4, 0.5) is 0 Å². The van der Waals surface area contributed by atoms with Crippen molar-refractivity contribution < 1.29 is 23.9 Å². The van der Waals surface area contributed by atoms with E-state index in [0.29, 0.717) is 25.9 Å². The van der Waals surface area contributed by atoms with Gasteiger partial charge in [-0.15, -0.1) is 0 Å². The highest BCUT2D eigenvalue weighted by Gasteiger charge is 2.33. The van der Waals surface area contributed by atoms with E-state index in [-0.39, 0.29) is 24.0 Å². The van der Waals surface area contributed by atoms with Crippen molar-refractivity contribution in [3.63, 3.8) is 0 Å². The minimum absolute atomic E-state index is 0.174. The molecule has 1 fully saturated rings. The van der Waals surface area contributed by atoms with Crippen LogP contribution in [-0.2, 0) is 9.59 Å². The number of likely N-dealkylation sites (tertiary alicyclic amines) is 1. The van der Waals surface area contributed by atoms with Crippen molar-refractivity contribution in [2.75, 3.05) is 13.1 Å². The molecule has 1 aromatic rings. The summed E-state index contributed by atoms with van der Waals surface area (Å²) in [7, 11) is 0. The van der Waals surface area contributed by atoms with Gasteiger partial charge in [0.1, 0.15) is 6.04 Å². The van der Waals surface area contributed by atoms with Crippen LogP contribution in [0, 0.1) is 0 Å². The summed E-state index contributed by atoms with van der Waals surface area (Å²) in [5, 5.41) is 11.7. The number of carboxylic acid groups (broad SMARTS) is 1. The normalized spacial score (nSPS) is 17.7. The summed E-state index contributed by atoms with van der Waals surface area (Å²) in [4.78, 5) is 36.0. The molecule has 1 aliphatic rings. The van der Waals surface area contributed by atoms with E-state index >= 15 is 0 Å². The highest BCUT2D eigenvalue weighted by molar-refractivity contribution is 5.91. The second-order valence-corrected chi connectivity index (χ2v) is 4.92. The van der Waals surface area contributed by atoms with Gasteiger partial charge in [0, 0.05) is 19.5 Å². The van der Waals surface area contributed by atoms with Gasteiger partial charge >= 0.3 is 5.97 Å². The predicted octanol–water partition coefficient (Wildman–Crippen LogP) is 0.865. The Morgan fingerprint density at radius 1 is 1.43 bits per heavy atom. The summed E-state index contributed by atoms with van der Waals surface area (Å²) in [6, 6.07) is 2.48. The highest BCUT2D eigenvalue weighted by Crippen LogP contribution is 2.18. The first-order valence-electron chi connectivity index (χ1n) is 6.93. The Morgan fingerprint density at radius 2 is 2.24 bits per heavy atom. The average molecular weight is 294 g/mol. The third-order valence-corrected chi connectivity index (χ3v) is 3.46. The Hall–Kier alpha value is -2.31. The van der Waals surface area contributed by atoms with Crippen LogP contribution in [0.3, 0.4) is 0 Å². The molecule has 0 radical (unpaired) electrons. The molecule has 0 aromatic carbocycles. The van der Waals surface area contributed by atoms with Gasteiger partial charge < -0.3 is 19.7 Å². The minimum Gasteiger partial charge on any atom is -0.480 e. The molecule has 0 aliphatic carbocycles. The van der Waals surface area contributed by atoms with Crippen molar-refractivity contribution in [2.45, 2.75) is 31.7 Å². The van der Waals surface area contributed by atoms with Gasteiger partial charge in [0.2, 0.25) is 5.91 Å². The molecule has 1 aliphatic heterocycles. The van der Waals surface area contributed by atoms with E-state index in [1.54, 1.807) is 12.1 Å². The van der Waals surface area contributed by atoms with Crippen molar-refractivity contribution in [1.82, 2.24) is 10.2 Å². The molecule has 7 nitrogen and oxygen atoms in total. The number of carbonyl (C=O) groups is 3. The monoisotopic (exact) mass is 294 g/mol. The lowest BCUT2D eigenvalue weighted by atomic mass is 10.2. The highest BCUT2D eigenvalue weighted by atomic mass is 16.4. The molecule has 1 aromatic heterocycles. The third-order valence-electron chi connectivity index (χ3n) is 3.46. The molecule has 1 atom stereocenters. The number of hydrogen-bond donors (Lipinski definition) is 2. The van der Waals surface area contributed by atoms with Crippen molar-refractivity contribution >= 4 is 17.8 Å². The zero-order chi connectivity index (χ0) is 15.2. The second kappa shape index (κ2) is 6.92. The quantitative estimate of drug-likeness (QED) is 0.758. The lowest BCUT2D eigenvalue weighted by Gasteiger charge is -2.21. The summed E-state index contributed by atoms with van der Waals surface area (Å²) in [5.74, 6) is -1.22. The van der Waals surface area contributed by atoms with Crippen molar-refractivity contribution in [3.8, 4) is 0 Å². The van der Waals surface area contributed by atoms with E-state index in [1.165, 1.54) is 11.2 Å². The fraction of sp³-hybridized carbons (Fsp3) is 0.500. The Bertz CT molecular complexity index is 511. The van der Waals surface area contributed by atoms with Gasteiger partial charge in [-0.2, -0.15) is 0 Å². The molecule has 2 amide bonds. The van der Waals surface area contributed by atoms with Gasteiger partial charge in [0.25, 0.3) is 5.91 Å². The van der Waals surface area contributed by atoms with Gasteiger partial charge in [0.05, 0.1) is 6.26 Å². The van der Waals surface area contributed by atoms with E-state index in [1.807, 2.05) is 0 Å². The Balaban J connectivity index is 1.70. The maximum atomic E-state index is 12.0. The van der Waals surface area contributed by atoms with Crippen molar-refractivity contribution in [3.05, 3.63) is 24.2 Å². The molecule has 2 N–H and O–H groups in total. The van der Waals surface area contributed by atoms with E-state index in [4.69, 9.17) is 9.52 Å². The molecule has 0 unspecified atom stereocenters. The number of carbonyl (C=O) groups excluding carboxylic acids is 2. The number of rotatable bonds is 6. The molecule has 0 bridgehead atoms. The maximum absolute atomic E-state index is 12.0. The number of hydrogen-bond acceptors (Lipinski definition) is 4. The zero-order valence-electron chi connectivity index (χ0n) is 11.6. The Morgan fingerprint density at radius 3 is 2.90 bits per heavy atom. The van der Waals surface area contributed by atoms with Crippen LogP contribution in [0.5, 0.6) is 0 Å². The van der Waals surface area contributed by atoms with Crippen LogP contribution < -0.4 is 5.32 Å².